The van der Waals surface area contributed by atoms with Crippen LogP contribution in [0, 0.1) is 5.92 Å². The molecule has 0 aliphatic heterocycles. The maximum Gasteiger partial charge on any atom is 0.190 e. The Kier molecular flexibility index (Phi) is 5.96. The highest BCUT2D eigenvalue weighted by atomic mass is 35.5. The van der Waals surface area contributed by atoms with Crippen LogP contribution in [0.15, 0.2) is 18.2 Å². The van der Waals surface area contributed by atoms with Crippen LogP contribution in [0.3, 0.4) is 0 Å². The van der Waals surface area contributed by atoms with Gasteiger partial charge in [0.2, 0.25) is 0 Å². The second-order valence-electron chi connectivity index (χ2n) is 4.28. The fourth-order valence-electron chi connectivity index (χ4n) is 1.27. The van der Waals surface area contributed by atoms with Gasteiger partial charge in [-0.05, 0) is 30.5 Å². The van der Waals surface area contributed by atoms with Crippen LogP contribution in [0.1, 0.15) is 30.6 Å². The quantitative estimate of drug-likeness (QED) is 0.573. The highest BCUT2D eigenvalue weighted by Crippen LogP contribution is 2.21. The SMILES string of the molecule is CC(C)CCOCC(=O)c1cc(Cl)ccc1Cl. The van der Waals surface area contributed by atoms with Gasteiger partial charge in [-0.1, -0.05) is 37.0 Å². The van der Waals surface area contributed by atoms with Gasteiger partial charge in [0, 0.05) is 17.2 Å². The zero-order valence-corrected chi connectivity index (χ0v) is 11.5. The van der Waals surface area contributed by atoms with Crippen molar-refractivity contribution in [2.75, 3.05) is 13.2 Å². The van der Waals surface area contributed by atoms with E-state index in [1.54, 1.807) is 18.2 Å². The Hall–Kier alpha value is -0.570. The predicted molar refractivity (Wildman–Crippen MR) is 71.1 cm³/mol. The Morgan fingerprint density at radius 1 is 1.35 bits per heavy atom. The predicted octanol–water partition coefficient (Wildman–Crippen LogP) is 4.24. The molecule has 0 amide bonds. The van der Waals surface area contributed by atoms with Gasteiger partial charge in [-0.3, -0.25) is 4.79 Å². The number of hydrogen-bond donors (Lipinski definition) is 0. The topological polar surface area (TPSA) is 26.3 Å². The molecule has 1 rings (SSSR count). The first-order chi connectivity index (χ1) is 8.00. The molecule has 0 aliphatic carbocycles. The van der Waals surface area contributed by atoms with Crippen molar-refractivity contribution in [3.8, 4) is 0 Å². The minimum absolute atomic E-state index is 0.0484. The lowest BCUT2D eigenvalue weighted by atomic mass is 10.1. The third kappa shape index (κ3) is 5.07. The van der Waals surface area contributed by atoms with E-state index >= 15 is 0 Å². The van der Waals surface area contributed by atoms with E-state index in [9.17, 15) is 4.79 Å². The zero-order chi connectivity index (χ0) is 12.8. The van der Waals surface area contributed by atoms with Crippen LogP contribution < -0.4 is 0 Å². The number of halogens is 2. The maximum absolute atomic E-state index is 11.8. The van der Waals surface area contributed by atoms with Crippen molar-refractivity contribution in [3.63, 3.8) is 0 Å². The molecular weight excluding hydrogens is 259 g/mol. The van der Waals surface area contributed by atoms with Crippen LogP contribution >= 0.6 is 23.2 Å². The maximum atomic E-state index is 11.8. The first-order valence-corrected chi connectivity index (χ1v) is 6.32. The van der Waals surface area contributed by atoms with E-state index in [-0.39, 0.29) is 12.4 Å². The molecule has 0 fully saturated rings. The van der Waals surface area contributed by atoms with Crippen molar-refractivity contribution in [1.82, 2.24) is 0 Å². The standard InChI is InChI=1S/C13H16Cl2O2/c1-9(2)5-6-17-8-13(16)11-7-10(14)3-4-12(11)15/h3-4,7,9H,5-6,8H2,1-2H3. The van der Waals surface area contributed by atoms with Crippen LogP contribution in [0.5, 0.6) is 0 Å². The van der Waals surface area contributed by atoms with Crippen molar-refractivity contribution in [3.05, 3.63) is 33.8 Å². The number of carbonyl (C=O) groups excluding carboxylic acids is 1. The molecule has 0 saturated heterocycles. The van der Waals surface area contributed by atoms with E-state index in [1.165, 1.54) is 0 Å². The monoisotopic (exact) mass is 274 g/mol. The number of carbonyl (C=O) groups is 1. The molecule has 94 valence electrons. The molecule has 0 spiro atoms. The molecule has 0 unspecified atom stereocenters. The van der Waals surface area contributed by atoms with E-state index in [4.69, 9.17) is 27.9 Å². The first kappa shape index (κ1) is 14.5. The smallest absolute Gasteiger partial charge is 0.190 e. The molecule has 0 heterocycles. The summed E-state index contributed by atoms with van der Waals surface area (Å²) in [5.41, 5.74) is 0.420. The summed E-state index contributed by atoms with van der Waals surface area (Å²) < 4.78 is 5.30. The molecule has 0 bridgehead atoms. The Morgan fingerprint density at radius 2 is 2.06 bits per heavy atom. The number of ketones is 1. The second kappa shape index (κ2) is 7.00. The average molecular weight is 275 g/mol. The van der Waals surface area contributed by atoms with Crippen molar-refractivity contribution in [2.24, 2.45) is 5.92 Å². The fourth-order valence-corrected chi connectivity index (χ4v) is 1.67. The highest BCUT2D eigenvalue weighted by molar-refractivity contribution is 6.35. The van der Waals surface area contributed by atoms with E-state index in [0.717, 1.165) is 6.42 Å². The van der Waals surface area contributed by atoms with Gasteiger partial charge >= 0.3 is 0 Å². The van der Waals surface area contributed by atoms with Gasteiger partial charge in [0.05, 0.1) is 5.02 Å². The Bertz CT molecular complexity index is 389. The first-order valence-electron chi connectivity index (χ1n) is 5.56. The fraction of sp³-hybridized carbons (Fsp3) is 0.462. The normalized spacial score (nSPS) is 10.9. The summed E-state index contributed by atoms with van der Waals surface area (Å²) in [4.78, 5) is 11.8. The van der Waals surface area contributed by atoms with E-state index in [2.05, 4.69) is 13.8 Å². The van der Waals surface area contributed by atoms with E-state index in [1.807, 2.05) is 0 Å². The van der Waals surface area contributed by atoms with Gasteiger partial charge in [-0.15, -0.1) is 0 Å². The molecule has 0 aliphatic rings. The Balaban J connectivity index is 2.49. The second-order valence-corrected chi connectivity index (χ2v) is 5.13. The molecule has 17 heavy (non-hydrogen) atoms. The summed E-state index contributed by atoms with van der Waals surface area (Å²) >= 11 is 11.7. The number of hydrogen-bond acceptors (Lipinski definition) is 2. The van der Waals surface area contributed by atoms with Gasteiger partial charge in [0.25, 0.3) is 0 Å². The summed E-state index contributed by atoms with van der Waals surface area (Å²) in [6.45, 7) is 4.85. The third-order valence-corrected chi connectivity index (χ3v) is 2.87. The lowest BCUT2D eigenvalue weighted by Gasteiger charge is -2.07. The Labute approximate surface area is 112 Å². The summed E-state index contributed by atoms with van der Waals surface area (Å²) in [5.74, 6) is 0.432. The molecule has 2 nitrogen and oxygen atoms in total. The number of ether oxygens (including phenoxy) is 1. The van der Waals surface area contributed by atoms with Crippen LogP contribution in [0.25, 0.3) is 0 Å². The van der Waals surface area contributed by atoms with Gasteiger partial charge in [-0.2, -0.15) is 0 Å². The summed E-state index contributed by atoms with van der Waals surface area (Å²) in [5, 5.41) is 0.909. The molecule has 0 aromatic heterocycles. The lowest BCUT2D eigenvalue weighted by molar-refractivity contribution is 0.0739. The van der Waals surface area contributed by atoms with Gasteiger partial charge in [-0.25, -0.2) is 0 Å². The summed E-state index contributed by atoms with van der Waals surface area (Å²) in [7, 11) is 0. The van der Waals surface area contributed by atoms with Crippen molar-refractivity contribution in [2.45, 2.75) is 20.3 Å². The van der Waals surface area contributed by atoms with E-state index in [0.29, 0.717) is 28.1 Å². The molecule has 0 saturated carbocycles. The molecule has 1 aromatic carbocycles. The minimum Gasteiger partial charge on any atom is -0.373 e. The third-order valence-electron chi connectivity index (χ3n) is 2.30. The summed E-state index contributed by atoms with van der Waals surface area (Å²) in [6.07, 6.45) is 0.941. The number of Topliss-reactive ketones (excluding diaryl/α,β-unsaturated/α-hetero) is 1. The van der Waals surface area contributed by atoms with Crippen molar-refractivity contribution in [1.29, 1.82) is 0 Å². The molecule has 4 heteroatoms. The summed E-state index contributed by atoms with van der Waals surface area (Å²) in [6, 6.07) is 4.84. The average Bonchev–Trinajstić information content (AvgIpc) is 2.27. The largest absolute Gasteiger partial charge is 0.373 e. The van der Waals surface area contributed by atoms with Crippen LogP contribution in [-0.2, 0) is 4.74 Å². The van der Waals surface area contributed by atoms with Crippen molar-refractivity contribution < 1.29 is 9.53 Å². The minimum atomic E-state index is -0.138. The van der Waals surface area contributed by atoms with Crippen LogP contribution in [0.4, 0.5) is 0 Å². The molecule has 1 aromatic rings. The number of benzene rings is 1. The number of rotatable bonds is 6. The Morgan fingerprint density at radius 3 is 2.71 bits per heavy atom. The molecule has 0 radical (unpaired) electrons. The highest BCUT2D eigenvalue weighted by Gasteiger charge is 2.11. The molecule has 0 N–H and O–H groups in total. The molecule has 0 atom stereocenters. The lowest BCUT2D eigenvalue weighted by Crippen LogP contribution is -2.11. The van der Waals surface area contributed by atoms with Gasteiger partial charge in [0.1, 0.15) is 6.61 Å². The zero-order valence-electron chi connectivity index (χ0n) is 10.0. The van der Waals surface area contributed by atoms with Gasteiger partial charge < -0.3 is 4.74 Å². The van der Waals surface area contributed by atoms with Crippen LogP contribution in [0.2, 0.25) is 10.0 Å². The van der Waals surface area contributed by atoms with Gasteiger partial charge in [0.15, 0.2) is 5.78 Å². The van der Waals surface area contributed by atoms with Crippen LogP contribution in [-0.4, -0.2) is 19.0 Å². The van der Waals surface area contributed by atoms with E-state index < -0.39 is 0 Å². The van der Waals surface area contributed by atoms with Crippen molar-refractivity contribution >= 4 is 29.0 Å². The molecular formula is C13H16Cl2O2.